The highest BCUT2D eigenvalue weighted by molar-refractivity contribution is 5.94. The lowest BCUT2D eigenvalue weighted by atomic mass is 9.95. The number of allylic oxidation sites excluding steroid dienone is 1. The molecule has 2 heterocycles. The number of imidazole rings is 1. The maximum absolute atomic E-state index is 13.3. The second-order valence-corrected chi connectivity index (χ2v) is 8.26. The minimum atomic E-state index is -0.512. The standard InChI is InChI=1S/C25H28N4O4/c1-3-4-5-6-9-16-33-24(30)22-17(2)26-25-27-20-10-7-8-11-21(20)28(25)23(22)18-12-14-19(15-13-18)29(31)32/h7-8,10-15,23H,3-6,9,16H2,1-2H3,(H,26,27)/t23-/m0/s1. The van der Waals surface area contributed by atoms with Gasteiger partial charge in [0, 0.05) is 17.8 Å². The number of non-ortho nitro benzene ring substituents is 1. The third-order valence-electron chi connectivity index (χ3n) is 5.95. The summed E-state index contributed by atoms with van der Waals surface area (Å²) in [6, 6.07) is 13.5. The summed E-state index contributed by atoms with van der Waals surface area (Å²) in [7, 11) is 0. The van der Waals surface area contributed by atoms with Crippen molar-refractivity contribution in [2.24, 2.45) is 0 Å². The largest absolute Gasteiger partial charge is 0.462 e. The Kier molecular flexibility index (Phi) is 6.72. The predicted octanol–water partition coefficient (Wildman–Crippen LogP) is 5.75. The molecule has 1 aromatic heterocycles. The van der Waals surface area contributed by atoms with E-state index >= 15 is 0 Å². The van der Waals surface area contributed by atoms with E-state index in [2.05, 4.69) is 17.2 Å². The van der Waals surface area contributed by atoms with Gasteiger partial charge < -0.3 is 10.1 Å². The fourth-order valence-corrected chi connectivity index (χ4v) is 4.27. The van der Waals surface area contributed by atoms with Crippen LogP contribution in [0.25, 0.3) is 11.0 Å². The molecule has 1 N–H and O–H groups in total. The van der Waals surface area contributed by atoms with Crippen LogP contribution < -0.4 is 5.32 Å². The Labute approximate surface area is 192 Å². The summed E-state index contributed by atoms with van der Waals surface area (Å²) in [5.74, 6) is 0.232. The van der Waals surface area contributed by atoms with Gasteiger partial charge in [-0.3, -0.25) is 14.7 Å². The van der Waals surface area contributed by atoms with Crippen molar-refractivity contribution in [1.82, 2.24) is 9.55 Å². The Morgan fingerprint density at radius 3 is 2.58 bits per heavy atom. The summed E-state index contributed by atoms with van der Waals surface area (Å²) in [5.41, 5.74) is 3.55. The van der Waals surface area contributed by atoms with Crippen LogP contribution in [0.2, 0.25) is 0 Å². The number of nitro benzene ring substituents is 1. The predicted molar refractivity (Wildman–Crippen MR) is 127 cm³/mol. The molecule has 4 rings (SSSR count). The van der Waals surface area contributed by atoms with Crippen LogP contribution in [0, 0.1) is 10.1 Å². The number of para-hydroxylation sites is 2. The number of unbranched alkanes of at least 4 members (excludes halogenated alkanes) is 4. The number of esters is 1. The maximum Gasteiger partial charge on any atom is 0.338 e. The number of nitro groups is 1. The van der Waals surface area contributed by atoms with E-state index < -0.39 is 11.0 Å². The zero-order valence-electron chi connectivity index (χ0n) is 18.9. The van der Waals surface area contributed by atoms with E-state index in [1.54, 1.807) is 12.1 Å². The topological polar surface area (TPSA) is 99.3 Å². The van der Waals surface area contributed by atoms with Gasteiger partial charge in [-0.25, -0.2) is 9.78 Å². The summed E-state index contributed by atoms with van der Waals surface area (Å²) >= 11 is 0. The molecule has 8 heteroatoms. The lowest BCUT2D eigenvalue weighted by Gasteiger charge is -2.30. The number of hydrogen-bond acceptors (Lipinski definition) is 6. The summed E-state index contributed by atoms with van der Waals surface area (Å²) in [4.78, 5) is 28.7. The number of benzene rings is 2. The smallest absolute Gasteiger partial charge is 0.338 e. The van der Waals surface area contributed by atoms with Crippen molar-refractivity contribution in [2.45, 2.75) is 52.0 Å². The first-order chi connectivity index (χ1) is 16.0. The van der Waals surface area contributed by atoms with Crippen LogP contribution in [0.1, 0.15) is 57.6 Å². The lowest BCUT2D eigenvalue weighted by molar-refractivity contribution is -0.384. The third kappa shape index (κ3) is 4.60. The molecular weight excluding hydrogens is 420 g/mol. The second kappa shape index (κ2) is 9.85. The minimum Gasteiger partial charge on any atom is -0.462 e. The number of nitrogens with zero attached hydrogens (tertiary/aromatic N) is 3. The van der Waals surface area contributed by atoms with Gasteiger partial charge in [0.25, 0.3) is 5.69 Å². The van der Waals surface area contributed by atoms with Crippen LogP contribution in [-0.2, 0) is 9.53 Å². The molecule has 172 valence electrons. The van der Waals surface area contributed by atoms with Gasteiger partial charge >= 0.3 is 5.97 Å². The molecule has 2 aromatic carbocycles. The number of nitrogens with one attached hydrogen (secondary N) is 1. The molecule has 0 fully saturated rings. The van der Waals surface area contributed by atoms with E-state index in [0.29, 0.717) is 23.8 Å². The average Bonchev–Trinajstić information content (AvgIpc) is 3.18. The molecule has 0 spiro atoms. The zero-order chi connectivity index (χ0) is 23.4. The van der Waals surface area contributed by atoms with Crippen LogP contribution in [0.4, 0.5) is 11.6 Å². The SMILES string of the molecule is CCCCCCCOC(=O)C1=C(C)Nc2nc3ccccc3n2[C@H]1c1ccc([N+](=O)[O-])cc1. The fraction of sp³-hybridized carbons (Fsp3) is 0.360. The average molecular weight is 449 g/mol. The van der Waals surface area contributed by atoms with Crippen LogP contribution in [-0.4, -0.2) is 27.1 Å². The zero-order valence-corrected chi connectivity index (χ0v) is 18.9. The van der Waals surface area contributed by atoms with Crippen LogP contribution in [0.15, 0.2) is 59.8 Å². The van der Waals surface area contributed by atoms with Gasteiger partial charge in [0.2, 0.25) is 5.95 Å². The number of carbonyl (C=O) groups excluding carboxylic acids is 1. The van der Waals surface area contributed by atoms with Gasteiger partial charge in [0.1, 0.15) is 0 Å². The highest BCUT2D eigenvalue weighted by Crippen LogP contribution is 2.39. The summed E-state index contributed by atoms with van der Waals surface area (Å²) in [5, 5.41) is 14.4. The highest BCUT2D eigenvalue weighted by Gasteiger charge is 2.35. The first kappa shape index (κ1) is 22.5. The molecule has 0 saturated heterocycles. The molecule has 3 aromatic rings. The molecule has 0 bridgehead atoms. The molecule has 8 nitrogen and oxygen atoms in total. The van der Waals surface area contributed by atoms with E-state index in [1.807, 2.05) is 35.8 Å². The van der Waals surface area contributed by atoms with Gasteiger partial charge in [-0.05, 0) is 43.2 Å². The van der Waals surface area contributed by atoms with Crippen LogP contribution in [0.3, 0.4) is 0 Å². The van der Waals surface area contributed by atoms with Crippen LogP contribution >= 0.6 is 0 Å². The Bertz CT molecular complexity index is 1200. The Morgan fingerprint density at radius 2 is 1.85 bits per heavy atom. The molecule has 0 amide bonds. The first-order valence-corrected chi connectivity index (χ1v) is 11.4. The van der Waals surface area contributed by atoms with Gasteiger partial charge in [0.15, 0.2) is 0 Å². The van der Waals surface area contributed by atoms with E-state index in [-0.39, 0.29) is 11.7 Å². The molecule has 0 radical (unpaired) electrons. The molecular formula is C25H28N4O4. The van der Waals surface area contributed by atoms with Gasteiger partial charge in [-0.15, -0.1) is 0 Å². The van der Waals surface area contributed by atoms with E-state index in [4.69, 9.17) is 4.74 Å². The van der Waals surface area contributed by atoms with Crippen molar-refractivity contribution < 1.29 is 14.5 Å². The van der Waals surface area contributed by atoms with Crippen molar-refractivity contribution in [3.05, 3.63) is 75.5 Å². The number of rotatable bonds is 9. The van der Waals surface area contributed by atoms with Gasteiger partial charge in [0.05, 0.1) is 34.2 Å². The Balaban J connectivity index is 1.69. The molecule has 1 atom stereocenters. The second-order valence-electron chi connectivity index (χ2n) is 8.26. The molecule has 0 unspecified atom stereocenters. The van der Waals surface area contributed by atoms with E-state index in [0.717, 1.165) is 42.3 Å². The summed E-state index contributed by atoms with van der Waals surface area (Å²) < 4.78 is 7.63. The number of aromatic nitrogens is 2. The normalized spacial score (nSPS) is 15.3. The number of fused-ring (bicyclic) bond motifs is 3. The molecule has 1 aliphatic rings. The summed E-state index contributed by atoms with van der Waals surface area (Å²) in [6.07, 6.45) is 5.33. The van der Waals surface area contributed by atoms with E-state index in [9.17, 15) is 14.9 Å². The first-order valence-electron chi connectivity index (χ1n) is 11.4. The molecule has 33 heavy (non-hydrogen) atoms. The summed E-state index contributed by atoms with van der Waals surface area (Å²) in [6.45, 7) is 4.36. The number of carbonyl (C=O) groups is 1. The Hall–Kier alpha value is -3.68. The third-order valence-corrected chi connectivity index (χ3v) is 5.95. The number of hydrogen-bond donors (Lipinski definition) is 1. The molecule has 0 aliphatic carbocycles. The fourth-order valence-electron chi connectivity index (χ4n) is 4.27. The molecule has 0 saturated carbocycles. The van der Waals surface area contributed by atoms with E-state index in [1.165, 1.54) is 18.6 Å². The highest BCUT2D eigenvalue weighted by atomic mass is 16.6. The monoisotopic (exact) mass is 448 g/mol. The van der Waals surface area contributed by atoms with Crippen LogP contribution in [0.5, 0.6) is 0 Å². The molecule has 1 aliphatic heterocycles. The van der Waals surface area contributed by atoms with Crippen molar-refractivity contribution in [3.63, 3.8) is 0 Å². The van der Waals surface area contributed by atoms with Crippen molar-refractivity contribution in [1.29, 1.82) is 0 Å². The van der Waals surface area contributed by atoms with Gasteiger partial charge in [-0.1, -0.05) is 44.7 Å². The Morgan fingerprint density at radius 1 is 1.12 bits per heavy atom. The van der Waals surface area contributed by atoms with Crippen molar-refractivity contribution in [3.8, 4) is 0 Å². The lowest BCUT2D eigenvalue weighted by Crippen LogP contribution is -2.29. The quantitative estimate of drug-likeness (QED) is 0.194. The number of ether oxygens (including phenoxy) is 1. The maximum atomic E-state index is 13.3. The number of anilines is 1. The van der Waals surface area contributed by atoms with Crippen molar-refractivity contribution in [2.75, 3.05) is 11.9 Å². The van der Waals surface area contributed by atoms with Crippen molar-refractivity contribution >= 4 is 28.6 Å². The minimum absolute atomic E-state index is 0.000282. The van der Waals surface area contributed by atoms with Gasteiger partial charge in [-0.2, -0.15) is 0 Å².